The number of nitrogens with zero attached hydrogens (tertiary/aromatic N) is 4. The van der Waals surface area contributed by atoms with Crippen LogP contribution >= 0.6 is 23.5 Å². The Labute approximate surface area is 271 Å². The van der Waals surface area contributed by atoms with Gasteiger partial charge >= 0.3 is 11.9 Å². The second kappa shape index (κ2) is 28.0. The largest absolute Gasteiger partial charge is 0.468 e. The molecule has 0 aliphatic rings. The van der Waals surface area contributed by atoms with Crippen molar-refractivity contribution in [1.82, 2.24) is 15.0 Å². The molecule has 248 valence electrons. The predicted molar refractivity (Wildman–Crippen MR) is 181 cm³/mol. The van der Waals surface area contributed by atoms with Gasteiger partial charge < -0.3 is 14.4 Å². The van der Waals surface area contributed by atoms with E-state index in [0.29, 0.717) is 16.3 Å². The second-order valence-electron chi connectivity index (χ2n) is 11.3. The van der Waals surface area contributed by atoms with Crippen molar-refractivity contribution in [3.8, 4) is 0 Å². The van der Waals surface area contributed by atoms with E-state index in [0.717, 1.165) is 25.9 Å². The number of thioether (sulfide) groups is 2. The molecule has 1 rings (SSSR count). The Morgan fingerprint density at radius 2 is 0.860 bits per heavy atom. The number of carbonyl (C=O) groups excluding carboxylic acids is 2. The van der Waals surface area contributed by atoms with Crippen LogP contribution in [0.15, 0.2) is 10.3 Å². The van der Waals surface area contributed by atoms with Gasteiger partial charge in [0.2, 0.25) is 5.95 Å². The lowest BCUT2D eigenvalue weighted by Gasteiger charge is -2.23. The van der Waals surface area contributed by atoms with E-state index in [4.69, 9.17) is 19.4 Å². The Bertz CT molecular complexity index is 785. The number of ether oxygens (including phenoxy) is 2. The van der Waals surface area contributed by atoms with E-state index in [1.165, 1.54) is 153 Å². The van der Waals surface area contributed by atoms with Gasteiger partial charge in [0.05, 0.1) is 25.7 Å². The summed E-state index contributed by atoms with van der Waals surface area (Å²) in [5.41, 5.74) is 0. The lowest BCUT2D eigenvalue weighted by Crippen LogP contribution is -2.28. The van der Waals surface area contributed by atoms with E-state index >= 15 is 0 Å². The highest BCUT2D eigenvalue weighted by atomic mass is 32.2. The normalized spacial score (nSPS) is 11.1. The summed E-state index contributed by atoms with van der Waals surface area (Å²) in [5.74, 6) is 0.212. The number of hydrogen-bond donors (Lipinski definition) is 0. The van der Waals surface area contributed by atoms with Crippen LogP contribution in [0.3, 0.4) is 0 Å². The van der Waals surface area contributed by atoms with E-state index in [1.807, 2.05) is 0 Å². The molecule has 0 bridgehead atoms. The Morgan fingerprint density at radius 3 is 1.19 bits per heavy atom. The van der Waals surface area contributed by atoms with Gasteiger partial charge in [-0.25, -0.2) is 0 Å². The maximum absolute atomic E-state index is 11.8. The molecular formula is C33H60N4O4S2. The molecule has 0 spiro atoms. The number of anilines is 1. The lowest BCUT2D eigenvalue weighted by molar-refractivity contribution is -0.138. The third kappa shape index (κ3) is 21.7. The Balaban J connectivity index is 2.76. The molecule has 0 N–H and O–H groups in total. The summed E-state index contributed by atoms with van der Waals surface area (Å²) in [4.78, 5) is 39.8. The minimum Gasteiger partial charge on any atom is -0.468 e. The summed E-state index contributed by atoms with van der Waals surface area (Å²) in [7, 11) is 2.75. The van der Waals surface area contributed by atoms with Crippen LogP contribution in [0.25, 0.3) is 0 Å². The zero-order valence-corrected chi connectivity index (χ0v) is 29.3. The van der Waals surface area contributed by atoms with Crippen LogP contribution in [0.4, 0.5) is 5.95 Å². The molecule has 1 heterocycles. The fourth-order valence-electron chi connectivity index (χ4n) is 4.86. The zero-order chi connectivity index (χ0) is 31.4. The van der Waals surface area contributed by atoms with E-state index in [-0.39, 0.29) is 23.4 Å². The number of carbonyl (C=O) groups is 2. The van der Waals surface area contributed by atoms with E-state index < -0.39 is 0 Å². The summed E-state index contributed by atoms with van der Waals surface area (Å²) in [6.45, 7) is 6.31. The summed E-state index contributed by atoms with van der Waals surface area (Å²) in [5, 5.41) is 0.942. The molecular weight excluding hydrogens is 581 g/mol. The third-order valence-electron chi connectivity index (χ3n) is 7.52. The van der Waals surface area contributed by atoms with Gasteiger partial charge in [-0.15, -0.1) is 0 Å². The first kappa shape index (κ1) is 39.5. The highest BCUT2D eigenvalue weighted by molar-refractivity contribution is 8.00. The Morgan fingerprint density at radius 1 is 0.535 bits per heavy atom. The first-order valence-corrected chi connectivity index (χ1v) is 18.9. The molecule has 0 fully saturated rings. The van der Waals surface area contributed by atoms with Crippen molar-refractivity contribution in [2.24, 2.45) is 0 Å². The van der Waals surface area contributed by atoms with Crippen molar-refractivity contribution in [3.63, 3.8) is 0 Å². The van der Waals surface area contributed by atoms with E-state index in [1.54, 1.807) is 0 Å². The van der Waals surface area contributed by atoms with Crippen molar-refractivity contribution in [2.75, 3.05) is 43.7 Å². The molecule has 0 saturated heterocycles. The van der Waals surface area contributed by atoms with E-state index in [2.05, 4.69) is 23.7 Å². The molecule has 43 heavy (non-hydrogen) atoms. The van der Waals surface area contributed by atoms with Crippen molar-refractivity contribution >= 4 is 41.4 Å². The standard InChI is InChI=1S/C33H60N4O4S2/c1-5-7-9-11-13-15-17-19-21-23-25-37(26-24-22-20-18-16-14-12-10-8-6-2)31-34-32(42-27-29(38)40-3)36-33(35-31)43-28-30(39)41-4/h5-28H2,1-4H3. The minimum absolute atomic E-state index is 0.123. The van der Waals surface area contributed by atoms with Gasteiger partial charge in [-0.05, 0) is 12.8 Å². The Hall–Kier alpha value is -1.55. The smallest absolute Gasteiger partial charge is 0.316 e. The summed E-state index contributed by atoms with van der Waals surface area (Å²) in [6.07, 6.45) is 25.9. The molecule has 1 aromatic rings. The maximum atomic E-state index is 11.8. The SMILES string of the molecule is CCCCCCCCCCCCN(CCCCCCCCCCCC)c1nc(SCC(=O)OC)nc(SCC(=O)OC)n1. The number of hydrogen-bond acceptors (Lipinski definition) is 10. The second-order valence-corrected chi connectivity index (χ2v) is 13.2. The Kier molecular flexibility index (Phi) is 25.7. The molecule has 0 aliphatic carbocycles. The molecule has 0 unspecified atom stereocenters. The highest BCUT2D eigenvalue weighted by Gasteiger charge is 2.16. The molecule has 0 saturated carbocycles. The average Bonchev–Trinajstić information content (AvgIpc) is 3.02. The minimum atomic E-state index is -0.330. The molecule has 0 radical (unpaired) electrons. The fourth-order valence-corrected chi connectivity index (χ4v) is 6.24. The summed E-state index contributed by atoms with van der Waals surface area (Å²) >= 11 is 2.47. The molecule has 0 atom stereocenters. The fraction of sp³-hybridized carbons (Fsp3) is 0.848. The summed E-state index contributed by atoms with van der Waals surface area (Å²) < 4.78 is 9.60. The van der Waals surface area contributed by atoms with Crippen LogP contribution in [0, 0.1) is 0 Å². The monoisotopic (exact) mass is 640 g/mol. The van der Waals surface area contributed by atoms with Gasteiger partial charge in [0.25, 0.3) is 0 Å². The maximum Gasteiger partial charge on any atom is 0.316 e. The van der Waals surface area contributed by atoms with E-state index in [9.17, 15) is 9.59 Å². The number of rotatable bonds is 29. The van der Waals surface area contributed by atoms with Crippen LogP contribution in [-0.4, -0.2) is 65.7 Å². The van der Waals surface area contributed by atoms with Crippen LogP contribution in [-0.2, 0) is 19.1 Å². The molecule has 0 aromatic carbocycles. The molecule has 0 aliphatic heterocycles. The average molecular weight is 641 g/mol. The van der Waals surface area contributed by atoms with Crippen molar-refractivity contribution in [1.29, 1.82) is 0 Å². The lowest BCUT2D eigenvalue weighted by atomic mass is 10.1. The number of esters is 2. The van der Waals surface area contributed by atoms with Crippen molar-refractivity contribution in [3.05, 3.63) is 0 Å². The van der Waals surface area contributed by atoms with Crippen molar-refractivity contribution in [2.45, 2.75) is 153 Å². The molecule has 0 amide bonds. The third-order valence-corrected chi connectivity index (χ3v) is 9.16. The number of unbranched alkanes of at least 4 members (excludes halogenated alkanes) is 18. The summed E-state index contributed by atoms with van der Waals surface area (Å²) in [6, 6.07) is 0. The van der Waals surface area contributed by atoms with Crippen LogP contribution in [0.5, 0.6) is 0 Å². The molecule has 1 aromatic heterocycles. The van der Waals surface area contributed by atoms with Crippen LogP contribution < -0.4 is 4.90 Å². The number of aromatic nitrogens is 3. The first-order chi connectivity index (χ1) is 21.0. The van der Waals surface area contributed by atoms with Crippen LogP contribution in [0.1, 0.15) is 142 Å². The molecule has 10 heteroatoms. The first-order valence-electron chi connectivity index (χ1n) is 16.9. The van der Waals surface area contributed by atoms with Gasteiger partial charge in [0.1, 0.15) is 0 Å². The van der Waals surface area contributed by atoms with Crippen LogP contribution in [0.2, 0.25) is 0 Å². The van der Waals surface area contributed by atoms with Gasteiger partial charge in [-0.3, -0.25) is 9.59 Å². The van der Waals surface area contributed by atoms with Crippen molar-refractivity contribution < 1.29 is 19.1 Å². The highest BCUT2D eigenvalue weighted by Crippen LogP contribution is 2.23. The van der Waals surface area contributed by atoms with Gasteiger partial charge in [-0.1, -0.05) is 153 Å². The number of methoxy groups -OCH3 is 2. The zero-order valence-electron chi connectivity index (χ0n) is 27.7. The topological polar surface area (TPSA) is 94.5 Å². The van der Waals surface area contributed by atoms with Gasteiger partial charge in [0.15, 0.2) is 10.3 Å². The predicted octanol–water partition coefficient (Wildman–Crippen LogP) is 9.05. The van der Waals surface area contributed by atoms with Gasteiger partial charge in [0, 0.05) is 13.1 Å². The quantitative estimate of drug-likeness (QED) is 0.0479. The van der Waals surface area contributed by atoms with Gasteiger partial charge in [-0.2, -0.15) is 15.0 Å². The molecule has 8 nitrogen and oxygen atoms in total.